The molecule has 2 fully saturated rings. The lowest BCUT2D eigenvalue weighted by Crippen LogP contribution is -2.46. The first-order valence-corrected chi connectivity index (χ1v) is 8.34. The molecular weight excluding hydrogens is 248 g/mol. The van der Waals surface area contributed by atoms with Crippen molar-refractivity contribution in [2.45, 2.75) is 95.5 Å². The molecule has 0 spiro atoms. The van der Waals surface area contributed by atoms with Gasteiger partial charge in [0.05, 0.1) is 11.2 Å². The Morgan fingerprint density at radius 1 is 1.15 bits per heavy atom. The molecule has 0 radical (unpaired) electrons. The van der Waals surface area contributed by atoms with Gasteiger partial charge in [-0.3, -0.25) is 0 Å². The van der Waals surface area contributed by atoms with Crippen molar-refractivity contribution in [2.24, 2.45) is 5.73 Å². The lowest BCUT2D eigenvalue weighted by Gasteiger charge is -2.35. The number of hydrogen-bond acceptors (Lipinski definition) is 3. The van der Waals surface area contributed by atoms with Crippen LogP contribution in [-0.4, -0.2) is 31.5 Å². The summed E-state index contributed by atoms with van der Waals surface area (Å²) in [6.07, 6.45) is 7.13. The topological polar surface area (TPSA) is 44.5 Å². The SMILES string of the molecule is CCCC1(B2OC(C)(C)C(C)(C)O2)BC(N)CCCC1. The normalized spacial score (nSPS) is 36.5. The van der Waals surface area contributed by atoms with Gasteiger partial charge in [-0.2, -0.15) is 0 Å². The van der Waals surface area contributed by atoms with Crippen molar-refractivity contribution >= 4 is 14.4 Å². The highest BCUT2D eigenvalue weighted by atomic mass is 16.7. The minimum absolute atomic E-state index is 0.100. The molecule has 0 saturated carbocycles. The fourth-order valence-electron chi connectivity index (χ4n) is 3.76. The van der Waals surface area contributed by atoms with E-state index in [1.165, 1.54) is 19.3 Å². The van der Waals surface area contributed by atoms with Gasteiger partial charge in [0.25, 0.3) is 0 Å². The lowest BCUT2D eigenvalue weighted by atomic mass is 9.32. The molecule has 2 heterocycles. The summed E-state index contributed by atoms with van der Waals surface area (Å²) in [5.74, 6) is 0.295. The van der Waals surface area contributed by atoms with E-state index in [1.807, 2.05) is 0 Å². The van der Waals surface area contributed by atoms with E-state index in [0.717, 1.165) is 26.5 Å². The predicted molar refractivity (Wildman–Crippen MR) is 87.3 cm³/mol. The van der Waals surface area contributed by atoms with Crippen LogP contribution in [0, 0.1) is 0 Å². The smallest absolute Gasteiger partial charge is 0.403 e. The van der Waals surface area contributed by atoms with Gasteiger partial charge in [0, 0.05) is 0 Å². The molecule has 2 aliphatic heterocycles. The van der Waals surface area contributed by atoms with Gasteiger partial charge in [0.1, 0.15) is 7.28 Å². The van der Waals surface area contributed by atoms with Gasteiger partial charge in [0.2, 0.25) is 0 Å². The van der Waals surface area contributed by atoms with Crippen molar-refractivity contribution in [2.75, 3.05) is 0 Å². The van der Waals surface area contributed by atoms with Gasteiger partial charge < -0.3 is 15.0 Å². The molecule has 0 amide bonds. The Balaban J connectivity index is 2.25. The molecule has 0 aromatic heterocycles. The summed E-state index contributed by atoms with van der Waals surface area (Å²) in [6.45, 7) is 10.8. The molecule has 2 saturated heterocycles. The van der Waals surface area contributed by atoms with Crippen molar-refractivity contribution in [3.63, 3.8) is 0 Å². The van der Waals surface area contributed by atoms with Gasteiger partial charge in [-0.1, -0.05) is 39.0 Å². The van der Waals surface area contributed by atoms with E-state index in [4.69, 9.17) is 15.0 Å². The molecule has 2 N–H and O–H groups in total. The number of rotatable bonds is 3. The van der Waals surface area contributed by atoms with Crippen LogP contribution in [0.1, 0.15) is 73.1 Å². The highest BCUT2D eigenvalue weighted by Gasteiger charge is 2.59. The highest BCUT2D eigenvalue weighted by Crippen LogP contribution is 2.50. The summed E-state index contributed by atoms with van der Waals surface area (Å²) in [5.41, 5.74) is 5.85. The molecule has 0 aromatic carbocycles. The van der Waals surface area contributed by atoms with Crippen LogP contribution in [0.25, 0.3) is 0 Å². The van der Waals surface area contributed by atoms with E-state index in [2.05, 4.69) is 34.6 Å². The summed E-state index contributed by atoms with van der Waals surface area (Å²) < 4.78 is 12.8. The molecule has 2 aliphatic rings. The third-order valence-electron chi connectivity index (χ3n) is 5.67. The first-order valence-electron chi connectivity index (χ1n) is 8.34. The molecule has 5 heteroatoms. The Morgan fingerprint density at radius 2 is 1.75 bits per heavy atom. The summed E-state index contributed by atoms with van der Waals surface area (Å²) in [5, 5.41) is 0.107. The second-order valence-electron chi connectivity index (χ2n) is 7.91. The van der Waals surface area contributed by atoms with Crippen LogP contribution in [-0.2, 0) is 9.31 Å². The standard InChI is InChI=1S/C15H31B2NO2/c1-6-10-15(11-8-7-9-12(18)16-15)17-19-13(2,3)14(4,5)20-17/h12,16H,6-11,18H2,1-5H3. The highest BCUT2D eigenvalue weighted by molar-refractivity contribution is 6.68. The summed E-state index contributed by atoms with van der Waals surface area (Å²) in [4.78, 5) is 0. The Hall–Kier alpha value is 0.00987. The Bertz CT molecular complexity index is 333. The second-order valence-corrected chi connectivity index (χ2v) is 7.91. The fourth-order valence-corrected chi connectivity index (χ4v) is 3.76. The number of nitrogens with two attached hydrogens (primary N) is 1. The maximum absolute atomic E-state index is 6.39. The van der Waals surface area contributed by atoms with Crippen LogP contribution in [0.3, 0.4) is 0 Å². The minimum atomic E-state index is -0.241. The lowest BCUT2D eigenvalue weighted by molar-refractivity contribution is 0.00578. The Labute approximate surface area is 125 Å². The van der Waals surface area contributed by atoms with Gasteiger partial charge in [-0.05, 0) is 45.3 Å². The van der Waals surface area contributed by atoms with Crippen molar-refractivity contribution in [1.82, 2.24) is 0 Å². The maximum atomic E-state index is 6.39. The molecule has 0 bridgehead atoms. The zero-order chi connectivity index (χ0) is 15.0. The second kappa shape index (κ2) is 5.66. The van der Waals surface area contributed by atoms with Gasteiger partial charge in [0.15, 0.2) is 0 Å². The van der Waals surface area contributed by atoms with Crippen LogP contribution in [0.2, 0.25) is 5.21 Å². The third-order valence-corrected chi connectivity index (χ3v) is 5.67. The first kappa shape index (κ1) is 16.4. The predicted octanol–water partition coefficient (Wildman–Crippen LogP) is 2.87. The van der Waals surface area contributed by atoms with E-state index in [1.54, 1.807) is 0 Å². The zero-order valence-corrected chi connectivity index (χ0v) is 14.0. The quantitative estimate of drug-likeness (QED) is 0.808. The van der Waals surface area contributed by atoms with Crippen LogP contribution in [0.4, 0.5) is 0 Å². The third kappa shape index (κ3) is 2.95. The Kier molecular flexibility index (Phi) is 4.63. The van der Waals surface area contributed by atoms with Crippen LogP contribution in [0.5, 0.6) is 0 Å². The average molecular weight is 279 g/mol. The van der Waals surface area contributed by atoms with E-state index >= 15 is 0 Å². The molecule has 20 heavy (non-hydrogen) atoms. The molecular formula is C15H31B2NO2. The van der Waals surface area contributed by atoms with Crippen molar-refractivity contribution in [1.29, 1.82) is 0 Å². The van der Waals surface area contributed by atoms with Crippen molar-refractivity contribution in [3.8, 4) is 0 Å². The van der Waals surface area contributed by atoms with E-state index < -0.39 is 0 Å². The van der Waals surface area contributed by atoms with Crippen molar-refractivity contribution in [3.05, 3.63) is 0 Å². The van der Waals surface area contributed by atoms with Gasteiger partial charge >= 0.3 is 7.12 Å². The van der Waals surface area contributed by atoms with Gasteiger partial charge in [-0.25, -0.2) is 0 Å². The summed E-state index contributed by atoms with van der Waals surface area (Å²) >= 11 is 0. The molecule has 114 valence electrons. The van der Waals surface area contributed by atoms with E-state index in [-0.39, 0.29) is 23.5 Å². The first-order chi connectivity index (χ1) is 9.22. The molecule has 3 nitrogen and oxygen atoms in total. The zero-order valence-electron chi connectivity index (χ0n) is 14.0. The minimum Gasteiger partial charge on any atom is -0.403 e. The summed E-state index contributed by atoms with van der Waals surface area (Å²) in [7, 11) is 0.939. The van der Waals surface area contributed by atoms with Crippen LogP contribution < -0.4 is 5.73 Å². The van der Waals surface area contributed by atoms with Gasteiger partial charge in [-0.15, -0.1) is 0 Å². The molecule has 2 rings (SSSR count). The van der Waals surface area contributed by atoms with E-state index in [0.29, 0.717) is 5.94 Å². The average Bonchev–Trinajstić information content (AvgIpc) is 2.48. The fraction of sp³-hybridized carbons (Fsp3) is 1.00. The van der Waals surface area contributed by atoms with Crippen LogP contribution in [0.15, 0.2) is 0 Å². The maximum Gasteiger partial charge on any atom is 0.456 e. The van der Waals surface area contributed by atoms with Crippen molar-refractivity contribution < 1.29 is 9.31 Å². The van der Waals surface area contributed by atoms with Crippen LogP contribution >= 0.6 is 0 Å². The molecule has 2 atom stereocenters. The largest absolute Gasteiger partial charge is 0.456 e. The molecule has 0 aromatic rings. The molecule has 0 aliphatic carbocycles. The Morgan fingerprint density at radius 3 is 2.30 bits per heavy atom. The monoisotopic (exact) mass is 279 g/mol. The molecule has 2 unspecified atom stereocenters. The van der Waals surface area contributed by atoms with E-state index in [9.17, 15) is 0 Å². The number of hydrogen-bond donors (Lipinski definition) is 1. The summed E-state index contributed by atoms with van der Waals surface area (Å²) in [6, 6.07) is 0.